The van der Waals surface area contributed by atoms with Crippen molar-refractivity contribution in [3.05, 3.63) is 117 Å². The van der Waals surface area contributed by atoms with Gasteiger partial charge in [-0.05, 0) is 78.8 Å². The van der Waals surface area contributed by atoms with Crippen LogP contribution in [-0.2, 0) is 34.3 Å². The van der Waals surface area contributed by atoms with Gasteiger partial charge in [-0.3, -0.25) is 14.5 Å². The monoisotopic (exact) mass is 874 g/mol. The van der Waals surface area contributed by atoms with E-state index in [1.165, 1.54) is 27.9 Å². The van der Waals surface area contributed by atoms with Gasteiger partial charge in [-0.1, -0.05) is 79.9 Å². The standard InChI is InChI=1S/C38H42BCl3N6O7S2/c1-38(2,3)25-10-15-34(55-19-7-18-54-27-13-11-26(12-14-27)45-56(50,51)36-22-29(41)28(40)21-30(36)42)31(20-25)44-37(49)33(46-17-6-16-43-46)23-47-32-8-4-5-9-35(32)57(52,53)48(47)24-39/h4-6,8-11,13-14,16-17,20-22,26,33-34,45H,7,12,15,18-19,23-24H2,1-3H3,(H,44,49). The van der Waals surface area contributed by atoms with Gasteiger partial charge in [-0.2, -0.15) is 5.10 Å². The third-order valence-corrected chi connectivity index (χ3v) is 14.0. The third kappa shape index (κ3) is 9.82. The second kappa shape index (κ2) is 17.7. The number of allylic oxidation sites excluding steroid dienone is 3. The van der Waals surface area contributed by atoms with Gasteiger partial charge in [0.1, 0.15) is 27.7 Å². The molecule has 1 aliphatic heterocycles. The molecule has 0 saturated heterocycles. The van der Waals surface area contributed by atoms with Crippen molar-refractivity contribution >= 4 is 74.3 Å². The highest BCUT2D eigenvalue weighted by Crippen LogP contribution is 2.38. The molecule has 6 rings (SSSR count). The van der Waals surface area contributed by atoms with Crippen molar-refractivity contribution in [2.24, 2.45) is 5.41 Å². The van der Waals surface area contributed by atoms with Gasteiger partial charge in [-0.15, -0.1) is 4.41 Å². The SMILES string of the molecule is [B]CN1N(CC(C(=O)NC2=CC(C(C)(C)C)=CCC2OCCCOC2=CCC(NS(=O)(=O)c3cc(Cl)c(Cl)cc3Cl)C=C2)n2cccn2)c2ccccc2S1(=O)=O. The number of hydrazine groups is 1. The first kappa shape index (κ1) is 43.0. The van der Waals surface area contributed by atoms with Crippen LogP contribution in [-0.4, -0.2) is 83.1 Å². The normalized spacial score (nSPS) is 20.0. The highest BCUT2D eigenvalue weighted by Gasteiger charge is 2.42. The molecule has 0 spiro atoms. The number of anilines is 1. The van der Waals surface area contributed by atoms with Gasteiger partial charge in [0.25, 0.3) is 15.9 Å². The Bertz CT molecular complexity index is 2330. The average molecular weight is 876 g/mol. The molecule has 0 bridgehead atoms. The lowest BCUT2D eigenvalue weighted by Crippen LogP contribution is -2.48. The summed E-state index contributed by atoms with van der Waals surface area (Å²) in [6, 6.07) is 9.28. The number of sulfonamides is 2. The average Bonchev–Trinajstić information content (AvgIpc) is 3.76. The van der Waals surface area contributed by atoms with E-state index in [4.69, 9.17) is 52.1 Å². The minimum atomic E-state index is -3.98. The molecule has 3 atom stereocenters. The van der Waals surface area contributed by atoms with E-state index in [-0.39, 0.29) is 43.3 Å². The summed E-state index contributed by atoms with van der Waals surface area (Å²) in [6.07, 6.45) is 13.0. The Balaban J connectivity index is 1.06. The predicted octanol–water partition coefficient (Wildman–Crippen LogP) is 6.30. The van der Waals surface area contributed by atoms with Crippen molar-refractivity contribution in [2.45, 2.75) is 68.0 Å². The highest BCUT2D eigenvalue weighted by atomic mass is 35.5. The summed E-state index contributed by atoms with van der Waals surface area (Å²) in [5.74, 6) is 0.181. The number of carbonyl (C=O) groups is 1. The highest BCUT2D eigenvalue weighted by molar-refractivity contribution is 7.90. The minimum absolute atomic E-state index is 0.0382. The summed E-state index contributed by atoms with van der Waals surface area (Å²) in [6.45, 7) is 6.83. The molecule has 3 aliphatic rings. The van der Waals surface area contributed by atoms with Crippen LogP contribution in [0.1, 0.15) is 46.1 Å². The Morgan fingerprint density at radius 1 is 1.05 bits per heavy atom. The van der Waals surface area contributed by atoms with Crippen molar-refractivity contribution in [1.29, 1.82) is 0 Å². The van der Waals surface area contributed by atoms with Gasteiger partial charge in [0.15, 0.2) is 0 Å². The topological polar surface area (TPSA) is 152 Å². The summed E-state index contributed by atoms with van der Waals surface area (Å²) >= 11 is 18.1. The first-order valence-corrected chi connectivity index (χ1v) is 22.2. The zero-order valence-electron chi connectivity index (χ0n) is 31.4. The van der Waals surface area contributed by atoms with Crippen LogP contribution in [0.5, 0.6) is 0 Å². The van der Waals surface area contributed by atoms with Crippen LogP contribution < -0.4 is 15.0 Å². The first-order valence-electron chi connectivity index (χ1n) is 18.1. The lowest BCUT2D eigenvalue weighted by molar-refractivity contribution is -0.124. The number of nitrogens with one attached hydrogen (secondary N) is 2. The molecular weight excluding hydrogens is 834 g/mol. The van der Waals surface area contributed by atoms with Crippen LogP contribution in [0, 0.1) is 5.41 Å². The number of halogens is 3. The van der Waals surface area contributed by atoms with Crippen molar-refractivity contribution in [2.75, 3.05) is 31.2 Å². The van der Waals surface area contributed by atoms with E-state index in [1.54, 1.807) is 54.9 Å². The van der Waals surface area contributed by atoms with E-state index in [0.717, 1.165) is 9.99 Å². The molecule has 2 N–H and O–H groups in total. The lowest BCUT2D eigenvalue weighted by atomic mass is 9.82. The molecular formula is C38H42BCl3N6O7S2. The Morgan fingerprint density at radius 2 is 1.81 bits per heavy atom. The maximum atomic E-state index is 14.2. The molecule has 1 aromatic heterocycles. The number of ether oxygens (including phenoxy) is 2. The van der Waals surface area contributed by atoms with Crippen LogP contribution in [0.25, 0.3) is 0 Å². The molecule has 19 heteroatoms. The van der Waals surface area contributed by atoms with Gasteiger partial charge in [0, 0.05) is 30.6 Å². The molecule has 3 aromatic rings. The van der Waals surface area contributed by atoms with E-state index in [1.807, 2.05) is 6.08 Å². The van der Waals surface area contributed by atoms with Crippen LogP contribution in [0.15, 0.2) is 112 Å². The first-order chi connectivity index (χ1) is 27.0. The van der Waals surface area contributed by atoms with Crippen molar-refractivity contribution < 1.29 is 31.1 Å². The number of carbonyl (C=O) groups excluding carboxylic acids is 1. The molecule has 13 nitrogen and oxygen atoms in total. The van der Waals surface area contributed by atoms with Gasteiger partial charge in [0.05, 0.1) is 48.4 Å². The second-order valence-electron chi connectivity index (χ2n) is 14.5. The summed E-state index contributed by atoms with van der Waals surface area (Å²) in [5.41, 5.74) is 1.81. The number of hydrogen-bond donors (Lipinski definition) is 2. The Hall–Kier alpha value is -3.61. The van der Waals surface area contributed by atoms with E-state index < -0.39 is 44.1 Å². The second-order valence-corrected chi connectivity index (χ2v) is 19.2. The van der Waals surface area contributed by atoms with Crippen molar-refractivity contribution in [3.63, 3.8) is 0 Å². The van der Waals surface area contributed by atoms with E-state index in [9.17, 15) is 21.6 Å². The largest absolute Gasteiger partial charge is 0.494 e. The molecule has 2 radical (unpaired) electrons. The number of rotatable bonds is 15. The molecule has 2 aliphatic carbocycles. The molecule has 302 valence electrons. The van der Waals surface area contributed by atoms with Gasteiger partial charge in [0.2, 0.25) is 10.0 Å². The van der Waals surface area contributed by atoms with E-state index in [0.29, 0.717) is 49.6 Å². The van der Waals surface area contributed by atoms with E-state index >= 15 is 0 Å². The summed E-state index contributed by atoms with van der Waals surface area (Å²) in [4.78, 5) is 14.2. The summed E-state index contributed by atoms with van der Waals surface area (Å²) < 4.78 is 70.0. The zero-order chi connectivity index (χ0) is 41.1. The number of nitrogens with zero attached hydrogens (tertiary/aromatic N) is 4. The maximum Gasteiger partial charge on any atom is 0.261 e. The van der Waals surface area contributed by atoms with Crippen LogP contribution >= 0.6 is 34.8 Å². The fourth-order valence-corrected chi connectivity index (χ4v) is 10.2. The number of para-hydroxylation sites is 1. The number of amides is 1. The Morgan fingerprint density at radius 3 is 2.49 bits per heavy atom. The molecule has 3 unspecified atom stereocenters. The maximum absolute atomic E-state index is 14.2. The third-order valence-electron chi connectivity index (χ3n) is 9.47. The predicted molar refractivity (Wildman–Crippen MR) is 221 cm³/mol. The molecule has 2 aromatic carbocycles. The number of aromatic nitrogens is 2. The van der Waals surface area contributed by atoms with Gasteiger partial charge in [-0.25, -0.2) is 21.6 Å². The van der Waals surface area contributed by atoms with Crippen LogP contribution in [0.3, 0.4) is 0 Å². The van der Waals surface area contributed by atoms with Crippen LogP contribution in [0.2, 0.25) is 15.1 Å². The quantitative estimate of drug-likeness (QED) is 0.102. The zero-order valence-corrected chi connectivity index (χ0v) is 35.3. The minimum Gasteiger partial charge on any atom is -0.494 e. The molecule has 57 heavy (non-hydrogen) atoms. The Labute approximate surface area is 349 Å². The number of fused-ring (bicyclic) bond motifs is 1. The van der Waals surface area contributed by atoms with Gasteiger partial charge >= 0.3 is 0 Å². The number of hydrogen-bond acceptors (Lipinski definition) is 9. The summed E-state index contributed by atoms with van der Waals surface area (Å²) in [5, 5.41) is 9.13. The molecule has 2 heterocycles. The Kier molecular flexibility index (Phi) is 13.4. The fourth-order valence-electron chi connectivity index (χ4n) is 6.50. The van der Waals surface area contributed by atoms with Crippen LogP contribution in [0.4, 0.5) is 5.69 Å². The fraction of sp³-hybridized carbons (Fsp3) is 0.368. The molecule has 1 amide bonds. The number of benzene rings is 2. The summed E-state index contributed by atoms with van der Waals surface area (Å²) in [7, 11) is -1.95. The van der Waals surface area contributed by atoms with Crippen molar-refractivity contribution in [1.82, 2.24) is 24.2 Å². The smallest absolute Gasteiger partial charge is 0.261 e. The molecule has 0 fully saturated rings. The van der Waals surface area contributed by atoms with E-state index in [2.05, 4.69) is 42.0 Å². The molecule has 0 saturated carbocycles. The lowest BCUT2D eigenvalue weighted by Gasteiger charge is -2.33. The van der Waals surface area contributed by atoms with Crippen molar-refractivity contribution in [3.8, 4) is 0 Å². The van der Waals surface area contributed by atoms with Gasteiger partial charge < -0.3 is 14.8 Å².